The number of ether oxygens (including phenoxy) is 2. The highest BCUT2D eigenvalue weighted by Crippen LogP contribution is 2.23. The number of rotatable bonds is 10. The number of carbonyl (C=O) groups is 1. The van der Waals surface area contributed by atoms with Gasteiger partial charge in [-0.3, -0.25) is 4.79 Å². The van der Waals surface area contributed by atoms with Gasteiger partial charge in [-0.2, -0.15) is 0 Å². The van der Waals surface area contributed by atoms with Gasteiger partial charge in [0.25, 0.3) is 5.91 Å². The van der Waals surface area contributed by atoms with E-state index in [1.807, 2.05) is 55.5 Å². The van der Waals surface area contributed by atoms with Crippen molar-refractivity contribution in [2.45, 2.75) is 31.9 Å². The molecule has 0 bridgehead atoms. The summed E-state index contributed by atoms with van der Waals surface area (Å²) in [5.74, 6) is -0.164. The lowest BCUT2D eigenvalue weighted by atomic mass is 10.0. The van der Waals surface area contributed by atoms with Crippen LogP contribution < -0.4 is 5.32 Å². The minimum Gasteiger partial charge on any atom is -0.378 e. The van der Waals surface area contributed by atoms with Crippen molar-refractivity contribution in [1.82, 2.24) is 10.2 Å². The fourth-order valence-corrected chi connectivity index (χ4v) is 3.61. The normalized spacial score (nSPS) is 16.9. The molecule has 1 fully saturated rings. The number of hydrogen-bond donors (Lipinski definition) is 1. The molecule has 2 aromatic rings. The zero-order valence-corrected chi connectivity index (χ0v) is 17.3. The van der Waals surface area contributed by atoms with Crippen molar-refractivity contribution in [3.63, 3.8) is 0 Å². The summed E-state index contributed by atoms with van der Waals surface area (Å²) in [7, 11) is 0. The van der Waals surface area contributed by atoms with Gasteiger partial charge in [0.1, 0.15) is 0 Å². The summed E-state index contributed by atoms with van der Waals surface area (Å²) in [6, 6.07) is 19.0. The number of carbonyl (C=O) groups excluding carboxylic acids is 1. The molecule has 1 atom stereocenters. The minimum absolute atomic E-state index is 0.164. The molecule has 0 saturated carbocycles. The smallest absolute Gasteiger partial charge is 0.253 e. The Labute approximate surface area is 174 Å². The second-order valence-corrected chi connectivity index (χ2v) is 7.58. The highest BCUT2D eigenvalue weighted by atomic mass is 16.5. The molecule has 1 aliphatic heterocycles. The van der Waals surface area contributed by atoms with E-state index in [9.17, 15) is 4.79 Å². The molecule has 5 heteroatoms. The maximum Gasteiger partial charge on any atom is 0.253 e. The van der Waals surface area contributed by atoms with Crippen molar-refractivity contribution in [1.29, 1.82) is 0 Å². The van der Waals surface area contributed by atoms with E-state index in [0.29, 0.717) is 25.4 Å². The highest BCUT2D eigenvalue weighted by molar-refractivity contribution is 5.94. The number of nitrogens with one attached hydrogen (secondary N) is 1. The highest BCUT2D eigenvalue weighted by Gasteiger charge is 2.29. The summed E-state index contributed by atoms with van der Waals surface area (Å²) in [4.78, 5) is 15.2. The second kappa shape index (κ2) is 11.1. The number of benzene rings is 2. The van der Waals surface area contributed by atoms with Crippen LogP contribution in [-0.4, -0.2) is 50.3 Å². The standard InChI is InChI=1S/C24H32N2O3/c1-24(22-13-7-3-8-14-22,25-23(27)21-11-5-2-6-12-21)29-20-19-28-18-17-26-15-9-4-10-16-26/h2-3,5-8,11-14H,4,9-10,15-20H2,1H3,(H,25,27). The second-order valence-electron chi connectivity index (χ2n) is 7.58. The predicted octanol–water partition coefficient (Wildman–Crippen LogP) is 3.81. The Kier molecular flexibility index (Phi) is 8.23. The van der Waals surface area contributed by atoms with Crippen LogP contribution in [0.1, 0.15) is 42.1 Å². The molecular weight excluding hydrogens is 364 g/mol. The Morgan fingerprint density at radius 3 is 2.28 bits per heavy atom. The van der Waals surface area contributed by atoms with Crippen LogP contribution in [0.5, 0.6) is 0 Å². The maximum absolute atomic E-state index is 12.7. The molecular formula is C24H32N2O3. The third kappa shape index (κ3) is 6.67. The average Bonchev–Trinajstić information content (AvgIpc) is 2.78. The van der Waals surface area contributed by atoms with Gasteiger partial charge in [0.05, 0.1) is 19.8 Å². The van der Waals surface area contributed by atoms with E-state index in [1.54, 1.807) is 12.1 Å². The molecule has 0 spiro atoms. The van der Waals surface area contributed by atoms with E-state index in [1.165, 1.54) is 32.4 Å². The van der Waals surface area contributed by atoms with Crippen molar-refractivity contribution < 1.29 is 14.3 Å². The summed E-state index contributed by atoms with van der Waals surface area (Å²) in [6.45, 7) is 6.83. The molecule has 2 aromatic carbocycles. The molecule has 1 aliphatic rings. The lowest BCUT2D eigenvalue weighted by Gasteiger charge is -2.32. The van der Waals surface area contributed by atoms with Crippen LogP contribution in [0.25, 0.3) is 0 Å². The van der Waals surface area contributed by atoms with Crippen LogP contribution in [0.3, 0.4) is 0 Å². The first kappa shape index (κ1) is 21.5. The number of piperidine rings is 1. The van der Waals surface area contributed by atoms with Gasteiger partial charge < -0.3 is 19.7 Å². The van der Waals surface area contributed by atoms with E-state index in [0.717, 1.165) is 12.1 Å². The molecule has 156 valence electrons. The van der Waals surface area contributed by atoms with Crippen LogP contribution in [0, 0.1) is 0 Å². The molecule has 1 saturated heterocycles. The van der Waals surface area contributed by atoms with Crippen LogP contribution in [-0.2, 0) is 15.2 Å². The summed E-state index contributed by atoms with van der Waals surface area (Å²) in [5.41, 5.74) is 0.582. The van der Waals surface area contributed by atoms with Crippen molar-refractivity contribution >= 4 is 5.91 Å². The first-order valence-corrected chi connectivity index (χ1v) is 10.5. The van der Waals surface area contributed by atoms with Crippen molar-refractivity contribution in [3.05, 3.63) is 71.8 Å². The molecule has 5 nitrogen and oxygen atoms in total. The van der Waals surface area contributed by atoms with Gasteiger partial charge >= 0.3 is 0 Å². The van der Waals surface area contributed by atoms with Gasteiger partial charge in [-0.15, -0.1) is 0 Å². The molecule has 0 aromatic heterocycles. The van der Waals surface area contributed by atoms with Gasteiger partial charge in [0.2, 0.25) is 0 Å². The summed E-state index contributed by atoms with van der Waals surface area (Å²) >= 11 is 0. The Hall–Kier alpha value is -2.21. The van der Waals surface area contributed by atoms with Gasteiger partial charge in [0, 0.05) is 17.7 Å². The summed E-state index contributed by atoms with van der Waals surface area (Å²) in [5, 5.41) is 3.04. The summed E-state index contributed by atoms with van der Waals surface area (Å²) in [6.07, 6.45) is 3.93. The van der Waals surface area contributed by atoms with Crippen molar-refractivity contribution in [2.24, 2.45) is 0 Å². The van der Waals surface area contributed by atoms with Gasteiger partial charge in [-0.25, -0.2) is 0 Å². The SMILES string of the molecule is CC(NC(=O)c1ccccc1)(OCCOCCN1CCCCC1)c1ccccc1. The fourth-order valence-electron chi connectivity index (χ4n) is 3.61. The molecule has 29 heavy (non-hydrogen) atoms. The van der Waals surface area contributed by atoms with E-state index >= 15 is 0 Å². The van der Waals surface area contributed by atoms with Gasteiger partial charge in [-0.05, 0) is 45.0 Å². The first-order valence-electron chi connectivity index (χ1n) is 10.5. The zero-order chi connectivity index (χ0) is 20.4. The Balaban J connectivity index is 1.51. The quantitative estimate of drug-likeness (QED) is 0.490. The lowest BCUT2D eigenvalue weighted by molar-refractivity contribution is -0.0774. The average molecular weight is 397 g/mol. The topological polar surface area (TPSA) is 50.8 Å². The molecule has 0 radical (unpaired) electrons. The first-order chi connectivity index (χ1) is 14.2. The minimum atomic E-state index is -0.926. The number of hydrogen-bond acceptors (Lipinski definition) is 4. The maximum atomic E-state index is 12.7. The third-order valence-corrected chi connectivity index (χ3v) is 5.33. The number of likely N-dealkylation sites (tertiary alicyclic amines) is 1. The van der Waals surface area contributed by atoms with E-state index in [-0.39, 0.29) is 5.91 Å². The molecule has 1 unspecified atom stereocenters. The third-order valence-electron chi connectivity index (χ3n) is 5.33. The largest absolute Gasteiger partial charge is 0.378 e. The van der Waals surface area contributed by atoms with Crippen molar-refractivity contribution in [2.75, 3.05) is 39.5 Å². The lowest BCUT2D eigenvalue weighted by Crippen LogP contribution is -2.46. The molecule has 1 heterocycles. The van der Waals surface area contributed by atoms with E-state index in [4.69, 9.17) is 9.47 Å². The van der Waals surface area contributed by atoms with E-state index in [2.05, 4.69) is 10.2 Å². The van der Waals surface area contributed by atoms with Crippen LogP contribution in [0.15, 0.2) is 60.7 Å². The van der Waals surface area contributed by atoms with Gasteiger partial charge in [0.15, 0.2) is 5.72 Å². The molecule has 1 amide bonds. The Morgan fingerprint density at radius 2 is 1.59 bits per heavy atom. The monoisotopic (exact) mass is 396 g/mol. The van der Waals surface area contributed by atoms with Crippen LogP contribution >= 0.6 is 0 Å². The molecule has 0 aliphatic carbocycles. The molecule has 3 rings (SSSR count). The summed E-state index contributed by atoms with van der Waals surface area (Å²) < 4.78 is 11.9. The van der Waals surface area contributed by atoms with Crippen molar-refractivity contribution in [3.8, 4) is 0 Å². The molecule has 1 N–H and O–H groups in total. The number of nitrogens with zero attached hydrogens (tertiary/aromatic N) is 1. The Morgan fingerprint density at radius 1 is 0.931 bits per heavy atom. The predicted molar refractivity (Wildman–Crippen MR) is 115 cm³/mol. The van der Waals surface area contributed by atoms with Crippen LogP contribution in [0.2, 0.25) is 0 Å². The number of amides is 1. The van der Waals surface area contributed by atoms with Crippen LogP contribution in [0.4, 0.5) is 0 Å². The van der Waals surface area contributed by atoms with Gasteiger partial charge in [-0.1, -0.05) is 55.0 Å². The fraction of sp³-hybridized carbons (Fsp3) is 0.458. The Bertz CT molecular complexity index is 732. The zero-order valence-electron chi connectivity index (χ0n) is 17.3. The van der Waals surface area contributed by atoms with E-state index < -0.39 is 5.72 Å².